The molecule has 0 aromatic heterocycles. The van der Waals surface area contributed by atoms with E-state index in [9.17, 15) is 22.4 Å². The van der Waals surface area contributed by atoms with Crippen molar-refractivity contribution in [2.45, 2.75) is 31.6 Å². The van der Waals surface area contributed by atoms with Crippen molar-refractivity contribution in [1.29, 1.82) is 0 Å². The third kappa shape index (κ3) is 5.80. The lowest BCUT2D eigenvalue weighted by Crippen LogP contribution is -2.44. The molecule has 0 saturated heterocycles. The summed E-state index contributed by atoms with van der Waals surface area (Å²) in [7, 11) is -3.67. The van der Waals surface area contributed by atoms with E-state index in [0.717, 1.165) is 12.1 Å². The van der Waals surface area contributed by atoms with E-state index in [0.29, 0.717) is 0 Å². The maximum absolute atomic E-state index is 12.8. The van der Waals surface area contributed by atoms with Crippen molar-refractivity contribution in [2.75, 3.05) is 12.3 Å². The number of carbonyl (C=O) groups excluding carboxylic acids is 1. The normalized spacial score (nSPS) is 13.2. The van der Waals surface area contributed by atoms with Gasteiger partial charge in [-0.25, -0.2) is 17.6 Å². The number of ether oxygens (including phenoxy) is 1. The molecule has 1 aromatic carbocycles. The predicted molar refractivity (Wildman–Crippen MR) is 85.0 cm³/mol. The first kappa shape index (κ1) is 19.9. The largest absolute Gasteiger partial charge is 0.478 e. The molecule has 0 radical (unpaired) electrons. The van der Waals surface area contributed by atoms with Crippen molar-refractivity contribution < 1.29 is 32.2 Å². The molecule has 0 aliphatic rings. The average molecular weight is 361 g/mol. The van der Waals surface area contributed by atoms with Gasteiger partial charge in [-0.15, -0.1) is 0 Å². The molecular formula is C15H20FNO6S. The first-order valence-corrected chi connectivity index (χ1v) is 8.71. The van der Waals surface area contributed by atoms with E-state index < -0.39 is 50.7 Å². The highest BCUT2D eigenvalue weighted by Gasteiger charge is 2.31. The predicted octanol–water partition coefficient (Wildman–Crippen LogP) is 0.987. The van der Waals surface area contributed by atoms with E-state index in [-0.39, 0.29) is 5.75 Å². The Labute approximate surface area is 139 Å². The molecule has 1 atom stereocenters. The second-order valence-corrected chi connectivity index (χ2v) is 8.82. The summed E-state index contributed by atoms with van der Waals surface area (Å²) in [5.74, 6) is -3.31. The molecule has 1 amide bonds. The first-order chi connectivity index (χ1) is 10.9. The van der Waals surface area contributed by atoms with Gasteiger partial charge in [-0.2, -0.15) is 0 Å². The molecule has 0 heterocycles. The van der Waals surface area contributed by atoms with Gasteiger partial charge < -0.3 is 15.2 Å². The van der Waals surface area contributed by atoms with Crippen LogP contribution in [0.25, 0.3) is 0 Å². The lowest BCUT2D eigenvalue weighted by molar-refractivity contribution is -0.145. The fourth-order valence-corrected chi connectivity index (χ4v) is 2.38. The zero-order valence-corrected chi connectivity index (χ0v) is 14.4. The van der Waals surface area contributed by atoms with E-state index in [1.165, 1.54) is 32.9 Å². The van der Waals surface area contributed by atoms with Gasteiger partial charge in [0.15, 0.2) is 9.84 Å². The minimum atomic E-state index is -3.67. The number of halogens is 1. The van der Waals surface area contributed by atoms with Crippen LogP contribution in [0.15, 0.2) is 24.3 Å². The molecule has 0 bridgehead atoms. The molecule has 0 aliphatic carbocycles. The Hall–Kier alpha value is -2.16. The SMILES string of the molecule is CC(C)(C)S(=O)(=O)CC(=O)NCC(Oc1ccc(F)cc1)C(=O)O. The second-order valence-electron chi connectivity index (χ2n) is 6.07. The fourth-order valence-electron chi connectivity index (χ4n) is 1.50. The zero-order chi connectivity index (χ0) is 18.5. The number of sulfone groups is 1. The second kappa shape index (κ2) is 7.61. The number of nitrogens with one attached hydrogen (secondary N) is 1. The molecule has 1 unspecified atom stereocenters. The Balaban J connectivity index is 2.65. The van der Waals surface area contributed by atoms with Gasteiger partial charge in [0.1, 0.15) is 17.3 Å². The Kier molecular flexibility index (Phi) is 6.30. The number of carboxylic acid groups (broad SMARTS) is 1. The molecule has 1 aromatic rings. The van der Waals surface area contributed by atoms with Gasteiger partial charge in [0, 0.05) is 0 Å². The quantitative estimate of drug-likeness (QED) is 0.749. The average Bonchev–Trinajstić information content (AvgIpc) is 2.43. The summed E-state index contributed by atoms with van der Waals surface area (Å²) in [6, 6.07) is 4.69. The summed E-state index contributed by atoms with van der Waals surface area (Å²) in [5, 5.41) is 11.3. The lowest BCUT2D eigenvalue weighted by atomic mass is 10.3. The highest BCUT2D eigenvalue weighted by Crippen LogP contribution is 2.16. The van der Waals surface area contributed by atoms with E-state index >= 15 is 0 Å². The summed E-state index contributed by atoms with van der Waals surface area (Å²) >= 11 is 0. The third-order valence-electron chi connectivity index (χ3n) is 3.11. The van der Waals surface area contributed by atoms with Gasteiger partial charge in [-0.1, -0.05) is 0 Å². The van der Waals surface area contributed by atoms with Gasteiger partial charge in [0.25, 0.3) is 0 Å². The summed E-state index contributed by atoms with van der Waals surface area (Å²) in [5.41, 5.74) is 0. The van der Waals surface area contributed by atoms with E-state index in [1.807, 2.05) is 0 Å². The lowest BCUT2D eigenvalue weighted by Gasteiger charge is -2.19. The third-order valence-corrected chi connectivity index (χ3v) is 5.61. The zero-order valence-electron chi connectivity index (χ0n) is 13.6. The smallest absolute Gasteiger partial charge is 0.346 e. The van der Waals surface area contributed by atoms with Crippen molar-refractivity contribution >= 4 is 21.7 Å². The first-order valence-electron chi connectivity index (χ1n) is 7.06. The number of hydrogen-bond acceptors (Lipinski definition) is 5. The number of carboxylic acids is 1. The van der Waals surface area contributed by atoms with Crippen molar-refractivity contribution in [3.8, 4) is 5.75 Å². The number of hydrogen-bond donors (Lipinski definition) is 2. The van der Waals surface area contributed by atoms with Crippen LogP contribution in [-0.4, -0.2) is 48.5 Å². The van der Waals surface area contributed by atoms with Gasteiger partial charge in [-0.05, 0) is 45.0 Å². The van der Waals surface area contributed by atoms with Crippen LogP contribution in [0.4, 0.5) is 4.39 Å². The Bertz CT molecular complexity index is 694. The molecule has 0 fully saturated rings. The van der Waals surface area contributed by atoms with Crippen LogP contribution in [0, 0.1) is 5.82 Å². The Morgan fingerprint density at radius 2 is 1.79 bits per heavy atom. The standard InChI is InChI=1S/C15H20FNO6S/c1-15(2,3)24(21,22)9-13(18)17-8-12(14(19)20)23-11-6-4-10(16)5-7-11/h4-7,12H,8-9H2,1-3H3,(H,17,18)(H,19,20). The molecule has 1 rings (SSSR count). The monoisotopic (exact) mass is 361 g/mol. The van der Waals surface area contributed by atoms with Crippen LogP contribution in [0.2, 0.25) is 0 Å². The summed E-state index contributed by atoms with van der Waals surface area (Å²) in [6.45, 7) is 3.97. The summed E-state index contributed by atoms with van der Waals surface area (Å²) in [4.78, 5) is 22.9. The highest BCUT2D eigenvalue weighted by atomic mass is 32.2. The number of rotatable bonds is 7. The van der Waals surface area contributed by atoms with Gasteiger partial charge in [0.2, 0.25) is 12.0 Å². The molecule has 24 heavy (non-hydrogen) atoms. The van der Waals surface area contributed by atoms with Crippen molar-refractivity contribution in [2.24, 2.45) is 0 Å². The molecule has 0 aliphatic heterocycles. The Morgan fingerprint density at radius 1 is 1.25 bits per heavy atom. The van der Waals surface area contributed by atoms with E-state index in [4.69, 9.17) is 9.84 Å². The van der Waals surface area contributed by atoms with Gasteiger partial charge in [-0.3, -0.25) is 4.79 Å². The summed E-state index contributed by atoms with van der Waals surface area (Å²) < 4.78 is 40.7. The molecule has 0 spiro atoms. The molecule has 0 saturated carbocycles. The highest BCUT2D eigenvalue weighted by molar-refractivity contribution is 7.93. The van der Waals surface area contributed by atoms with Gasteiger partial charge >= 0.3 is 5.97 Å². The minimum Gasteiger partial charge on any atom is -0.478 e. The van der Waals surface area contributed by atoms with Crippen LogP contribution in [-0.2, 0) is 19.4 Å². The van der Waals surface area contributed by atoms with Crippen LogP contribution in [0.1, 0.15) is 20.8 Å². The van der Waals surface area contributed by atoms with Crippen LogP contribution < -0.4 is 10.1 Å². The van der Waals surface area contributed by atoms with Crippen molar-refractivity contribution in [3.63, 3.8) is 0 Å². The van der Waals surface area contributed by atoms with Crippen LogP contribution in [0.3, 0.4) is 0 Å². The van der Waals surface area contributed by atoms with Gasteiger partial charge in [0.05, 0.1) is 11.3 Å². The minimum absolute atomic E-state index is 0.111. The molecule has 9 heteroatoms. The number of amides is 1. The van der Waals surface area contributed by atoms with Crippen LogP contribution in [0.5, 0.6) is 5.75 Å². The maximum atomic E-state index is 12.8. The molecular weight excluding hydrogens is 341 g/mol. The molecule has 134 valence electrons. The van der Waals surface area contributed by atoms with Crippen molar-refractivity contribution in [3.05, 3.63) is 30.1 Å². The number of benzene rings is 1. The van der Waals surface area contributed by atoms with Crippen molar-refractivity contribution in [1.82, 2.24) is 5.32 Å². The molecule has 7 nitrogen and oxygen atoms in total. The van der Waals surface area contributed by atoms with E-state index in [2.05, 4.69) is 5.32 Å². The fraction of sp³-hybridized carbons (Fsp3) is 0.467. The number of aliphatic carboxylic acids is 1. The number of carbonyl (C=O) groups is 2. The van der Waals surface area contributed by atoms with Crippen LogP contribution >= 0.6 is 0 Å². The summed E-state index contributed by atoms with van der Waals surface area (Å²) in [6.07, 6.45) is -1.43. The maximum Gasteiger partial charge on any atom is 0.346 e. The molecule has 2 N–H and O–H groups in total. The Morgan fingerprint density at radius 3 is 2.25 bits per heavy atom. The van der Waals surface area contributed by atoms with E-state index in [1.54, 1.807) is 0 Å². The topological polar surface area (TPSA) is 110 Å².